The summed E-state index contributed by atoms with van der Waals surface area (Å²) in [5.74, 6) is -6.81. The van der Waals surface area contributed by atoms with Crippen LogP contribution in [0, 0.1) is 36.5 Å². The second kappa shape index (κ2) is 20.9. The number of allylic oxidation sites excluding steroid dienone is 6. The third-order valence-electron chi connectivity index (χ3n) is 13.7. The van der Waals surface area contributed by atoms with Gasteiger partial charge in [-0.2, -0.15) is 0 Å². The van der Waals surface area contributed by atoms with Gasteiger partial charge in [0.1, 0.15) is 34.0 Å². The highest BCUT2D eigenvalue weighted by Gasteiger charge is 2.51. The van der Waals surface area contributed by atoms with Gasteiger partial charge in [0.25, 0.3) is 11.7 Å². The largest absolute Gasteiger partial charge is 0.507 e. The number of benzene rings is 2. The van der Waals surface area contributed by atoms with Crippen LogP contribution in [0.2, 0.25) is 0 Å². The van der Waals surface area contributed by atoms with Gasteiger partial charge in [-0.15, -0.1) is 0 Å². The number of hydrogen-bond acceptors (Lipinski definition) is 16. The van der Waals surface area contributed by atoms with Gasteiger partial charge in [0.05, 0.1) is 41.2 Å². The van der Waals surface area contributed by atoms with E-state index in [4.69, 9.17) is 23.9 Å². The first-order valence-electron chi connectivity index (χ1n) is 23.4. The second-order valence-electron chi connectivity index (χ2n) is 19.4. The van der Waals surface area contributed by atoms with E-state index in [1.54, 1.807) is 65.8 Å². The van der Waals surface area contributed by atoms with Gasteiger partial charge in [-0.1, -0.05) is 59.8 Å². The van der Waals surface area contributed by atoms with Crippen molar-refractivity contribution in [2.75, 3.05) is 32.1 Å². The lowest BCUT2D eigenvalue weighted by atomic mass is 9.78. The number of aliphatic hydroxyl groups excluding tert-OH is 2. The standard InChI is InChI=1S/C46H62N4O11.C6H4O2/c1-22(2)21-50-18-16-46(17-19-50)48-34-31-32-39(54)28(8)42-33(31)43(56)45(10,61-42)59-20-15-30(58-11)25(5)41(60-29(9)51)27(7)38(53)26(6)37(52)23(3)13-12-14-24(4)44(57)47-36(40(32)55)35(34)49-46;7-5-1-2-6(8)4-3-5/h12-15,20,22-23,25-27,30,37-38,41,48,52-55H,16-19,21H2,1-11H3;1-4H/b13-12-,20-15?,24-14-,47-36?;/t23-,25+,26+,27+,30-,37-,38+,41+,45-;/m0./s1. The highest BCUT2D eigenvalue weighted by atomic mass is 16.7. The lowest BCUT2D eigenvalue weighted by molar-refractivity contribution is -0.160. The predicted octanol–water partition coefficient (Wildman–Crippen LogP) is 5.00. The molecule has 5 aliphatic rings. The highest BCUT2D eigenvalue weighted by molar-refractivity contribution is 6.22. The quantitative estimate of drug-likeness (QED) is 0.154. The molecule has 0 saturated carbocycles. The molecule has 1 saturated heterocycles. The van der Waals surface area contributed by atoms with Crippen LogP contribution in [0.15, 0.2) is 70.4 Å². The molecule has 0 aromatic heterocycles. The normalized spacial score (nSPS) is 30.4. The van der Waals surface area contributed by atoms with Crippen molar-refractivity contribution in [3.63, 3.8) is 0 Å². The predicted molar refractivity (Wildman–Crippen MR) is 256 cm³/mol. The van der Waals surface area contributed by atoms with Crippen LogP contribution in [-0.4, -0.2) is 117 Å². The second-order valence-corrected chi connectivity index (χ2v) is 19.4. The summed E-state index contributed by atoms with van der Waals surface area (Å²) in [6.45, 7) is 19.6. The van der Waals surface area contributed by atoms with Gasteiger partial charge in [0, 0.05) is 93.6 Å². The van der Waals surface area contributed by atoms with E-state index in [-0.39, 0.29) is 61.3 Å². The zero-order chi connectivity index (χ0) is 50.9. The van der Waals surface area contributed by atoms with E-state index in [9.17, 15) is 44.4 Å². The van der Waals surface area contributed by atoms with Gasteiger partial charge in [-0.05, 0) is 50.1 Å². The van der Waals surface area contributed by atoms with Crippen molar-refractivity contribution in [2.24, 2.45) is 39.6 Å². The number of anilines is 1. The number of Topliss-reactive ketones (excluding diaryl/α,β-unsaturated/α-hetero) is 1. The molecule has 69 heavy (non-hydrogen) atoms. The molecule has 4 aliphatic heterocycles. The first-order chi connectivity index (χ1) is 32.4. The van der Waals surface area contributed by atoms with Crippen LogP contribution in [0.1, 0.15) is 91.1 Å². The number of ketones is 3. The Kier molecular flexibility index (Phi) is 15.9. The fraction of sp³-hybridized carbons (Fsp3) is 0.519. The van der Waals surface area contributed by atoms with E-state index in [0.717, 1.165) is 19.6 Å². The summed E-state index contributed by atoms with van der Waals surface area (Å²) >= 11 is 0. The van der Waals surface area contributed by atoms with E-state index in [1.807, 2.05) is 0 Å². The molecular formula is C52H66N4O13. The molecule has 5 N–H and O–H groups in total. The summed E-state index contributed by atoms with van der Waals surface area (Å²) in [5.41, 5.74) is -0.111. The van der Waals surface area contributed by atoms with Crippen molar-refractivity contribution < 1.29 is 63.3 Å². The zero-order valence-corrected chi connectivity index (χ0v) is 41.2. The fourth-order valence-electron chi connectivity index (χ4n) is 9.68. The topological polar surface area (TPSA) is 243 Å². The number of ether oxygens (including phenoxy) is 4. The maximum absolute atomic E-state index is 14.7. The summed E-state index contributed by atoms with van der Waals surface area (Å²) in [5, 5.41) is 50.5. The SMILES string of the molecule is CO[C@H]1C=CO[C@@]2(C)Oc3c(C)c(O)c4c(O)c(c5c(c4c3C2=O)NC2(CCN(CC(C)C)CC2)N=5)=NC(=O)/C(C)=C\C=C/[C@H](C)[C@H](O)[C@@H](C)[C@@H](O)[C@@H](C)[C@H](OC(C)=O)[C@@H]1C.O=C1C=CC(=O)C=C1. The van der Waals surface area contributed by atoms with Crippen LogP contribution in [0.3, 0.4) is 0 Å². The number of amides is 1. The number of aromatic hydroxyl groups is 2. The molecule has 1 spiro atoms. The van der Waals surface area contributed by atoms with Gasteiger partial charge in [0.2, 0.25) is 0 Å². The molecule has 1 amide bonds. The number of phenolic OH excluding ortho intramolecular Hbond substituents is 2. The van der Waals surface area contributed by atoms with Crippen LogP contribution < -0.4 is 20.8 Å². The number of nitrogens with one attached hydrogen (secondary N) is 1. The fourth-order valence-corrected chi connectivity index (χ4v) is 9.68. The van der Waals surface area contributed by atoms with Crippen molar-refractivity contribution in [1.29, 1.82) is 0 Å². The summed E-state index contributed by atoms with van der Waals surface area (Å²) in [6.07, 6.45) is 10.1. The molecule has 17 nitrogen and oxygen atoms in total. The Balaban J connectivity index is 0.000000886. The number of nitrogens with zero attached hydrogens (tertiary/aromatic N) is 3. The number of aliphatic hydroxyl groups is 2. The number of fused-ring (bicyclic) bond motifs is 1. The average molecular weight is 955 g/mol. The molecule has 9 atom stereocenters. The Morgan fingerprint density at radius 1 is 0.899 bits per heavy atom. The molecule has 1 aliphatic carbocycles. The number of carbonyl (C=O) groups is 5. The molecule has 4 heterocycles. The zero-order valence-electron chi connectivity index (χ0n) is 41.2. The van der Waals surface area contributed by atoms with E-state index >= 15 is 0 Å². The summed E-state index contributed by atoms with van der Waals surface area (Å²) in [7, 11) is 1.47. The lowest BCUT2D eigenvalue weighted by Gasteiger charge is -2.38. The van der Waals surface area contributed by atoms with Crippen LogP contribution in [-0.2, 0) is 33.4 Å². The van der Waals surface area contributed by atoms with Crippen molar-refractivity contribution in [1.82, 2.24) is 4.90 Å². The molecule has 2 aromatic rings. The maximum Gasteiger partial charge on any atom is 0.312 e. The van der Waals surface area contributed by atoms with Crippen molar-refractivity contribution in [3.8, 4) is 17.2 Å². The minimum absolute atomic E-state index is 0.0538. The number of phenols is 2. The first kappa shape index (κ1) is 52.4. The third-order valence-corrected chi connectivity index (χ3v) is 13.7. The smallest absolute Gasteiger partial charge is 0.312 e. The molecule has 7 rings (SSSR count). The van der Waals surface area contributed by atoms with Gasteiger partial charge in [-0.3, -0.25) is 29.0 Å². The molecule has 1 fully saturated rings. The Morgan fingerprint density at radius 3 is 2.10 bits per heavy atom. The molecule has 4 bridgehead atoms. The number of methoxy groups -OCH3 is 1. The summed E-state index contributed by atoms with van der Waals surface area (Å²) < 4.78 is 24.0. The average Bonchev–Trinajstić information content (AvgIpc) is 3.80. The molecule has 17 heteroatoms. The van der Waals surface area contributed by atoms with Crippen LogP contribution >= 0.6 is 0 Å². The van der Waals surface area contributed by atoms with Crippen molar-refractivity contribution >= 4 is 45.7 Å². The van der Waals surface area contributed by atoms with Crippen molar-refractivity contribution in [2.45, 2.75) is 118 Å². The highest BCUT2D eigenvalue weighted by Crippen LogP contribution is 2.51. The number of piperidine rings is 1. The Labute approximate surface area is 402 Å². The van der Waals surface area contributed by atoms with Gasteiger partial charge >= 0.3 is 11.8 Å². The number of likely N-dealkylation sites (tertiary alicyclic amines) is 1. The van der Waals surface area contributed by atoms with Gasteiger partial charge in [0.15, 0.2) is 17.3 Å². The molecule has 0 unspecified atom stereocenters. The van der Waals surface area contributed by atoms with E-state index < -0.39 is 82.9 Å². The van der Waals surface area contributed by atoms with E-state index in [1.165, 1.54) is 51.5 Å². The molecule has 2 aromatic carbocycles. The minimum atomic E-state index is -1.95. The molecular weight excluding hydrogens is 889 g/mol. The maximum atomic E-state index is 14.7. The van der Waals surface area contributed by atoms with Gasteiger partial charge in [-0.25, -0.2) is 4.99 Å². The van der Waals surface area contributed by atoms with Gasteiger partial charge < -0.3 is 49.6 Å². The molecule has 0 radical (unpaired) electrons. The monoisotopic (exact) mass is 954 g/mol. The first-order valence-corrected chi connectivity index (χ1v) is 23.4. The minimum Gasteiger partial charge on any atom is -0.507 e. The Morgan fingerprint density at radius 2 is 1.52 bits per heavy atom. The van der Waals surface area contributed by atoms with Crippen molar-refractivity contribution in [3.05, 3.63) is 82.3 Å². The third kappa shape index (κ3) is 10.8. The Bertz CT molecular complexity index is 2640. The number of esters is 1. The number of hydrogen-bond donors (Lipinski definition) is 5. The number of carbonyl (C=O) groups excluding carboxylic acids is 5. The van der Waals surface area contributed by atoms with Crippen LogP contribution in [0.25, 0.3) is 10.8 Å². The number of rotatable bonds is 4. The van der Waals surface area contributed by atoms with E-state index in [2.05, 4.69) is 29.1 Å². The summed E-state index contributed by atoms with van der Waals surface area (Å²) in [4.78, 5) is 73.4. The summed E-state index contributed by atoms with van der Waals surface area (Å²) in [6, 6.07) is 0. The van der Waals surface area contributed by atoms with Crippen LogP contribution in [0.5, 0.6) is 17.2 Å². The lowest BCUT2D eigenvalue weighted by Crippen LogP contribution is -2.47. The van der Waals surface area contributed by atoms with E-state index in [0.29, 0.717) is 24.4 Å². The molecule has 372 valence electrons. The van der Waals surface area contributed by atoms with Crippen LogP contribution in [0.4, 0.5) is 5.69 Å². The Hall–Kier alpha value is -6.01.